The summed E-state index contributed by atoms with van der Waals surface area (Å²) in [5, 5.41) is 8.78. The number of H-pyrrole nitrogens is 1. The molecule has 5 nitrogen and oxygen atoms in total. The smallest absolute Gasteiger partial charge is 0.285 e. The molecular formula is C10H13ClFN3O2. The molecule has 1 aliphatic rings. The number of alkyl halides is 1. The molecule has 2 atom stereocenters. The van der Waals surface area contributed by atoms with Crippen LogP contribution in [0.1, 0.15) is 12.8 Å². The third kappa shape index (κ3) is 2.95. The number of hydrogen-bond acceptors (Lipinski definition) is 4. The lowest BCUT2D eigenvalue weighted by molar-refractivity contribution is -0.102. The number of nitrogens with zero attached hydrogens (tertiary/aromatic N) is 1. The van der Waals surface area contributed by atoms with Gasteiger partial charge in [0.05, 0.1) is 18.5 Å². The van der Waals surface area contributed by atoms with Crippen molar-refractivity contribution in [2.75, 3.05) is 18.5 Å². The highest BCUT2D eigenvalue weighted by Crippen LogP contribution is 2.23. The van der Waals surface area contributed by atoms with E-state index in [1.54, 1.807) is 0 Å². The highest BCUT2D eigenvalue weighted by Gasteiger charge is 2.25. The van der Waals surface area contributed by atoms with Crippen LogP contribution in [0.4, 0.5) is 10.1 Å². The summed E-state index contributed by atoms with van der Waals surface area (Å²) in [5.74, 6) is -0.223. The number of rotatable bonds is 3. The SMILES string of the molecule is O=c1[nH]ncc(NC[C@@H]2CCCOC2F)c1Cl. The molecule has 1 aromatic heterocycles. The molecule has 0 aliphatic carbocycles. The van der Waals surface area contributed by atoms with Gasteiger partial charge in [0.15, 0.2) is 0 Å². The van der Waals surface area contributed by atoms with Gasteiger partial charge in [0.2, 0.25) is 6.36 Å². The molecule has 0 bridgehead atoms. The highest BCUT2D eigenvalue weighted by atomic mass is 35.5. The summed E-state index contributed by atoms with van der Waals surface area (Å²) < 4.78 is 18.3. The van der Waals surface area contributed by atoms with Gasteiger partial charge in [-0.2, -0.15) is 5.10 Å². The number of ether oxygens (including phenoxy) is 1. The predicted molar refractivity (Wildman–Crippen MR) is 61.9 cm³/mol. The van der Waals surface area contributed by atoms with Gasteiger partial charge in [-0.05, 0) is 12.8 Å². The zero-order valence-corrected chi connectivity index (χ0v) is 9.84. The quantitative estimate of drug-likeness (QED) is 0.867. The lowest BCUT2D eigenvalue weighted by Crippen LogP contribution is -2.31. The Morgan fingerprint density at radius 3 is 3.29 bits per heavy atom. The zero-order valence-electron chi connectivity index (χ0n) is 9.08. The lowest BCUT2D eigenvalue weighted by atomic mass is 10.0. The van der Waals surface area contributed by atoms with Gasteiger partial charge < -0.3 is 10.1 Å². The molecule has 2 heterocycles. The van der Waals surface area contributed by atoms with Gasteiger partial charge in [-0.25, -0.2) is 9.49 Å². The minimum atomic E-state index is -1.26. The first-order valence-electron chi connectivity index (χ1n) is 5.41. The van der Waals surface area contributed by atoms with E-state index in [9.17, 15) is 9.18 Å². The Labute approximate surface area is 102 Å². The molecule has 94 valence electrons. The monoisotopic (exact) mass is 261 g/mol. The highest BCUT2D eigenvalue weighted by molar-refractivity contribution is 6.32. The molecule has 0 radical (unpaired) electrons. The van der Waals surface area contributed by atoms with Crippen LogP contribution in [0, 0.1) is 5.92 Å². The van der Waals surface area contributed by atoms with Crippen LogP contribution >= 0.6 is 11.6 Å². The van der Waals surface area contributed by atoms with E-state index in [1.165, 1.54) is 6.20 Å². The van der Waals surface area contributed by atoms with Crippen molar-refractivity contribution in [1.29, 1.82) is 0 Å². The van der Waals surface area contributed by atoms with Crippen LogP contribution < -0.4 is 10.9 Å². The van der Waals surface area contributed by atoms with E-state index in [-0.39, 0.29) is 10.9 Å². The maximum absolute atomic E-state index is 13.4. The number of aromatic nitrogens is 2. The van der Waals surface area contributed by atoms with E-state index < -0.39 is 11.9 Å². The van der Waals surface area contributed by atoms with Crippen molar-refractivity contribution in [3.8, 4) is 0 Å². The summed E-state index contributed by atoms with van der Waals surface area (Å²) in [5.41, 5.74) is -0.0541. The Kier molecular flexibility index (Phi) is 3.96. The fraction of sp³-hybridized carbons (Fsp3) is 0.600. The van der Waals surface area contributed by atoms with Gasteiger partial charge in [0.1, 0.15) is 5.02 Å². The van der Waals surface area contributed by atoms with Crippen molar-refractivity contribution in [2.24, 2.45) is 5.92 Å². The maximum Gasteiger partial charge on any atom is 0.285 e. The summed E-state index contributed by atoms with van der Waals surface area (Å²) in [7, 11) is 0. The number of halogens is 2. The molecule has 17 heavy (non-hydrogen) atoms. The molecule has 0 saturated carbocycles. The van der Waals surface area contributed by atoms with Crippen molar-refractivity contribution in [1.82, 2.24) is 10.2 Å². The number of hydrogen-bond donors (Lipinski definition) is 2. The molecule has 1 saturated heterocycles. The fourth-order valence-electron chi connectivity index (χ4n) is 1.75. The molecule has 1 aromatic rings. The average Bonchev–Trinajstić information content (AvgIpc) is 2.33. The van der Waals surface area contributed by atoms with Crippen molar-refractivity contribution in [2.45, 2.75) is 19.2 Å². The summed E-state index contributed by atoms with van der Waals surface area (Å²) in [6.45, 7) is 0.830. The Morgan fingerprint density at radius 2 is 2.53 bits per heavy atom. The molecule has 2 N–H and O–H groups in total. The third-order valence-corrected chi connectivity index (χ3v) is 3.09. The second kappa shape index (κ2) is 5.46. The van der Waals surface area contributed by atoms with Gasteiger partial charge in [-0.3, -0.25) is 4.79 Å². The Balaban J connectivity index is 1.97. The molecule has 1 fully saturated rings. The molecule has 0 amide bonds. The van der Waals surface area contributed by atoms with Crippen LogP contribution in [0.2, 0.25) is 5.02 Å². The van der Waals surface area contributed by atoms with Crippen LogP contribution in [0.3, 0.4) is 0 Å². The molecule has 0 aromatic carbocycles. The lowest BCUT2D eigenvalue weighted by Gasteiger charge is -2.26. The molecule has 1 aliphatic heterocycles. The molecule has 0 spiro atoms. The molecular weight excluding hydrogens is 249 g/mol. The minimum Gasteiger partial charge on any atom is -0.382 e. The normalized spacial score (nSPS) is 24.6. The van der Waals surface area contributed by atoms with E-state index in [2.05, 4.69) is 15.5 Å². The van der Waals surface area contributed by atoms with E-state index in [0.717, 1.165) is 12.8 Å². The Hall–Kier alpha value is -1.14. The Bertz CT molecular complexity index is 440. The third-order valence-electron chi connectivity index (χ3n) is 2.72. The number of nitrogens with one attached hydrogen (secondary N) is 2. The first kappa shape index (κ1) is 12.3. The van der Waals surface area contributed by atoms with E-state index >= 15 is 0 Å². The number of anilines is 1. The van der Waals surface area contributed by atoms with Crippen molar-refractivity contribution < 1.29 is 9.13 Å². The molecule has 2 rings (SSSR count). The van der Waals surface area contributed by atoms with Crippen LogP contribution in [0.15, 0.2) is 11.0 Å². The summed E-state index contributed by atoms with van der Waals surface area (Å²) in [6, 6.07) is 0. The zero-order chi connectivity index (χ0) is 12.3. The average molecular weight is 262 g/mol. The topological polar surface area (TPSA) is 67.0 Å². The van der Waals surface area contributed by atoms with E-state index in [0.29, 0.717) is 18.8 Å². The molecule has 1 unspecified atom stereocenters. The van der Waals surface area contributed by atoms with Crippen molar-refractivity contribution >= 4 is 17.3 Å². The van der Waals surface area contributed by atoms with Crippen LogP contribution in [-0.2, 0) is 4.74 Å². The first-order chi connectivity index (χ1) is 8.18. The molecule has 7 heteroatoms. The minimum absolute atomic E-state index is 0.0344. The van der Waals surface area contributed by atoms with E-state index in [4.69, 9.17) is 16.3 Å². The van der Waals surface area contributed by atoms with Crippen LogP contribution in [-0.4, -0.2) is 29.7 Å². The summed E-state index contributed by atoms with van der Waals surface area (Å²) in [4.78, 5) is 11.2. The largest absolute Gasteiger partial charge is 0.382 e. The van der Waals surface area contributed by atoms with Crippen LogP contribution in [0.5, 0.6) is 0 Å². The van der Waals surface area contributed by atoms with Gasteiger partial charge >= 0.3 is 0 Å². The van der Waals surface area contributed by atoms with Gasteiger partial charge in [0, 0.05) is 12.5 Å². The predicted octanol–water partition coefficient (Wildman–Crippen LogP) is 1.56. The fourth-order valence-corrected chi connectivity index (χ4v) is 1.91. The first-order valence-corrected chi connectivity index (χ1v) is 5.79. The van der Waals surface area contributed by atoms with Crippen molar-refractivity contribution in [3.05, 3.63) is 21.6 Å². The maximum atomic E-state index is 13.4. The van der Waals surface area contributed by atoms with Gasteiger partial charge in [0.25, 0.3) is 5.56 Å². The van der Waals surface area contributed by atoms with Crippen LogP contribution in [0.25, 0.3) is 0 Å². The summed E-state index contributed by atoms with van der Waals surface area (Å²) in [6.07, 6.45) is 1.74. The van der Waals surface area contributed by atoms with Gasteiger partial charge in [-0.15, -0.1) is 0 Å². The number of aromatic amines is 1. The standard InChI is InChI=1S/C10H13ClFN3O2/c11-8-7(5-14-15-10(8)16)13-4-6-2-1-3-17-9(6)12/h5-6,9H,1-4H2,(H2,13,15,16)/t6-,9?/m0/s1. The second-order valence-corrected chi connectivity index (χ2v) is 4.31. The van der Waals surface area contributed by atoms with Crippen molar-refractivity contribution in [3.63, 3.8) is 0 Å². The summed E-state index contributed by atoms with van der Waals surface area (Å²) >= 11 is 5.78. The van der Waals surface area contributed by atoms with E-state index in [1.807, 2.05) is 0 Å². The second-order valence-electron chi connectivity index (χ2n) is 3.93. The van der Waals surface area contributed by atoms with Gasteiger partial charge in [-0.1, -0.05) is 11.6 Å². The Morgan fingerprint density at radius 1 is 1.71 bits per heavy atom.